The first kappa shape index (κ1) is 69.7. The van der Waals surface area contributed by atoms with Crippen molar-refractivity contribution in [3.05, 3.63) is 109 Å². The topological polar surface area (TPSA) is 108 Å². The van der Waals surface area contributed by atoms with Gasteiger partial charge in [-0.2, -0.15) is 0 Å². The maximum absolute atomic E-state index is 12.8. The molecule has 0 radical (unpaired) electrons. The number of unbranched alkanes of at least 4 members (excludes halogenated alkanes) is 20. The van der Waals surface area contributed by atoms with Gasteiger partial charge < -0.3 is 18.9 Å². The molecule has 0 saturated heterocycles. The number of likely N-dealkylation sites (N-methyl/N-ethyl adjacent to an activating group) is 1. The summed E-state index contributed by atoms with van der Waals surface area (Å²) in [5.74, 6) is -0.817. The fourth-order valence-corrected chi connectivity index (χ4v) is 8.30. The van der Waals surface area contributed by atoms with Gasteiger partial charge in [0.1, 0.15) is 19.8 Å². The Hall–Kier alpha value is -3.33. The Morgan fingerprint density at radius 3 is 1.18 bits per heavy atom. The minimum Gasteiger partial charge on any atom is -0.462 e. The van der Waals surface area contributed by atoms with Gasteiger partial charge in [-0.15, -0.1) is 0 Å². The predicted octanol–water partition coefficient (Wildman–Crippen LogP) is 18.2. The van der Waals surface area contributed by atoms with Crippen molar-refractivity contribution in [3.8, 4) is 0 Å². The summed E-state index contributed by atoms with van der Waals surface area (Å²) >= 11 is 0. The molecule has 0 aliphatic heterocycles. The predicted molar refractivity (Wildman–Crippen MR) is 311 cm³/mol. The summed E-state index contributed by atoms with van der Waals surface area (Å²) in [6, 6.07) is 0. The van der Waals surface area contributed by atoms with Crippen LogP contribution in [0, 0.1) is 0 Å². The molecule has 2 atom stereocenters. The van der Waals surface area contributed by atoms with Crippen LogP contribution >= 0.6 is 7.82 Å². The number of ether oxygens (including phenoxy) is 2. The zero-order valence-corrected chi connectivity index (χ0v) is 48.2. The summed E-state index contributed by atoms with van der Waals surface area (Å²) in [6.07, 6.45) is 74.4. The summed E-state index contributed by atoms with van der Waals surface area (Å²) in [7, 11) is 1.46. The second-order valence-electron chi connectivity index (χ2n) is 20.3. The Bertz CT molecular complexity index is 1600. The largest absolute Gasteiger partial charge is 0.472 e. The van der Waals surface area contributed by atoms with Gasteiger partial charge in [0.2, 0.25) is 0 Å². The monoisotopic (exact) mass is 1040 g/mol. The van der Waals surface area contributed by atoms with Gasteiger partial charge >= 0.3 is 19.8 Å². The van der Waals surface area contributed by atoms with Crippen LogP contribution in [0.4, 0.5) is 0 Å². The van der Waals surface area contributed by atoms with E-state index in [1.165, 1.54) is 77.0 Å². The third kappa shape index (κ3) is 57.8. The van der Waals surface area contributed by atoms with Gasteiger partial charge in [0, 0.05) is 12.8 Å². The smallest absolute Gasteiger partial charge is 0.462 e. The van der Waals surface area contributed by atoms with Crippen molar-refractivity contribution < 1.29 is 42.1 Å². The normalized spacial score (nSPS) is 14.1. The number of allylic oxidation sites excluding steroid dienone is 18. The van der Waals surface area contributed by atoms with Gasteiger partial charge in [-0.25, -0.2) is 4.57 Å². The summed E-state index contributed by atoms with van der Waals surface area (Å²) in [5, 5.41) is 0. The van der Waals surface area contributed by atoms with E-state index in [0.717, 1.165) is 116 Å². The zero-order valence-electron chi connectivity index (χ0n) is 47.3. The Morgan fingerprint density at radius 1 is 0.438 bits per heavy atom. The molecule has 0 aromatic rings. The first-order chi connectivity index (χ1) is 35.5. The van der Waals surface area contributed by atoms with E-state index in [-0.39, 0.29) is 32.0 Å². The van der Waals surface area contributed by atoms with Gasteiger partial charge in [-0.3, -0.25) is 18.6 Å². The van der Waals surface area contributed by atoms with Crippen LogP contribution in [-0.4, -0.2) is 74.9 Å². The molecule has 0 saturated carbocycles. The van der Waals surface area contributed by atoms with E-state index >= 15 is 0 Å². The van der Waals surface area contributed by atoms with Crippen molar-refractivity contribution in [1.82, 2.24) is 0 Å². The van der Waals surface area contributed by atoms with Crippen molar-refractivity contribution in [2.24, 2.45) is 0 Å². The molecule has 418 valence electrons. The van der Waals surface area contributed by atoms with E-state index in [9.17, 15) is 19.0 Å². The van der Waals surface area contributed by atoms with E-state index in [1.807, 2.05) is 21.1 Å². The van der Waals surface area contributed by atoms with E-state index < -0.39 is 26.5 Å². The highest BCUT2D eigenvalue weighted by Crippen LogP contribution is 2.43. The number of rotatable bonds is 52. The summed E-state index contributed by atoms with van der Waals surface area (Å²) in [4.78, 5) is 35.6. The van der Waals surface area contributed by atoms with Crippen molar-refractivity contribution in [2.45, 2.75) is 232 Å². The molecule has 10 heteroatoms. The molecule has 0 rings (SSSR count). The van der Waals surface area contributed by atoms with Crippen LogP contribution in [0.3, 0.4) is 0 Å². The molecule has 2 unspecified atom stereocenters. The lowest BCUT2D eigenvalue weighted by Crippen LogP contribution is -2.37. The van der Waals surface area contributed by atoms with E-state index in [2.05, 4.69) is 123 Å². The molecule has 0 aromatic heterocycles. The number of phosphoric ester groups is 1. The maximum Gasteiger partial charge on any atom is 0.472 e. The van der Waals surface area contributed by atoms with Crippen molar-refractivity contribution in [1.29, 1.82) is 0 Å². The number of hydrogen-bond acceptors (Lipinski definition) is 7. The van der Waals surface area contributed by atoms with Crippen LogP contribution in [-0.2, 0) is 32.7 Å². The molecule has 0 heterocycles. The third-order valence-corrected chi connectivity index (χ3v) is 13.0. The first-order valence-electron chi connectivity index (χ1n) is 29.1. The van der Waals surface area contributed by atoms with E-state index in [4.69, 9.17) is 18.5 Å². The van der Waals surface area contributed by atoms with Crippen LogP contribution in [0.2, 0.25) is 0 Å². The molecule has 0 amide bonds. The molecular weight excluding hydrogens is 930 g/mol. The average Bonchev–Trinajstić information content (AvgIpc) is 3.35. The highest BCUT2D eigenvalue weighted by atomic mass is 31.2. The second kappa shape index (κ2) is 53.5. The Balaban J connectivity index is 4.13. The van der Waals surface area contributed by atoms with E-state index in [0.29, 0.717) is 17.4 Å². The number of carbonyl (C=O) groups is 2. The van der Waals surface area contributed by atoms with Crippen LogP contribution in [0.1, 0.15) is 226 Å². The number of esters is 2. The number of carbonyl (C=O) groups excluding carboxylic acids is 2. The number of quaternary nitrogens is 1. The van der Waals surface area contributed by atoms with Gasteiger partial charge in [-0.05, 0) is 103 Å². The highest BCUT2D eigenvalue weighted by molar-refractivity contribution is 7.47. The average molecular weight is 1040 g/mol. The lowest BCUT2D eigenvalue weighted by molar-refractivity contribution is -0.870. The van der Waals surface area contributed by atoms with Crippen LogP contribution in [0.5, 0.6) is 0 Å². The molecule has 0 bridgehead atoms. The fourth-order valence-electron chi connectivity index (χ4n) is 7.55. The van der Waals surface area contributed by atoms with Crippen molar-refractivity contribution >= 4 is 19.8 Å². The minimum atomic E-state index is -4.39. The lowest BCUT2D eigenvalue weighted by Gasteiger charge is -2.24. The van der Waals surface area contributed by atoms with Crippen molar-refractivity contribution in [3.63, 3.8) is 0 Å². The number of nitrogens with zero attached hydrogens (tertiary/aromatic N) is 1. The quantitative estimate of drug-likeness (QED) is 0.0211. The first-order valence-corrected chi connectivity index (χ1v) is 30.6. The van der Waals surface area contributed by atoms with Crippen LogP contribution in [0.15, 0.2) is 109 Å². The standard InChI is InChI=1S/C63H108NO8P/c1-6-8-10-12-14-16-18-20-22-23-24-25-26-27-28-29-30-31-32-33-34-35-36-37-38-39-40-41-42-44-46-48-50-52-54-56-63(66)72-61(60-71-73(67,68)70-58-57-64(3,4)5)59-69-62(65)55-53-51-49-47-45-43-21-19-17-15-13-11-9-7-2/h8,10,14,16,19-22,24-25,27-28,30-31,33-34,36-37,61H,6-7,9,11-13,15,17-18,23,26,29,32,35,38-60H2,1-5H3/p+1/b10-8-,16-14-,21-19-,22-20-,25-24-,28-27-,31-30-,34-33-,37-36-. The zero-order chi connectivity index (χ0) is 53.5. The molecule has 0 fully saturated rings. The maximum atomic E-state index is 12.8. The molecule has 9 nitrogen and oxygen atoms in total. The lowest BCUT2D eigenvalue weighted by atomic mass is 10.0. The SMILES string of the molecule is CC/C=C\C/C=C\C/C=C\C/C=C\C/C=C\C/C=C\C/C=C\C/C=C\CCCCCCCCCCCCC(=O)OC(COC(=O)CCCCCCC/C=C\CCCCCCC)COP(=O)(O)OCC[N+](C)(C)C. The molecule has 1 N–H and O–H groups in total. The molecular formula is C63H109NO8P+. The van der Waals surface area contributed by atoms with Crippen LogP contribution in [0.25, 0.3) is 0 Å². The molecule has 0 aliphatic rings. The number of phosphoric acid groups is 1. The van der Waals surface area contributed by atoms with Crippen LogP contribution < -0.4 is 0 Å². The highest BCUT2D eigenvalue weighted by Gasteiger charge is 2.27. The van der Waals surface area contributed by atoms with Gasteiger partial charge in [0.25, 0.3) is 0 Å². The minimum absolute atomic E-state index is 0.0250. The Labute approximate surface area is 448 Å². The molecule has 0 aromatic carbocycles. The van der Waals surface area contributed by atoms with Gasteiger partial charge in [-0.1, -0.05) is 220 Å². The van der Waals surface area contributed by atoms with Gasteiger partial charge in [0.15, 0.2) is 6.10 Å². The second-order valence-corrected chi connectivity index (χ2v) is 21.7. The van der Waals surface area contributed by atoms with Gasteiger partial charge in [0.05, 0.1) is 27.7 Å². The molecule has 0 aliphatic carbocycles. The fraction of sp³-hybridized carbons (Fsp3) is 0.683. The Morgan fingerprint density at radius 2 is 0.781 bits per heavy atom. The van der Waals surface area contributed by atoms with Crippen molar-refractivity contribution in [2.75, 3.05) is 47.5 Å². The summed E-state index contributed by atoms with van der Waals surface area (Å²) < 4.78 is 34.5. The third-order valence-electron chi connectivity index (χ3n) is 12.0. The van der Waals surface area contributed by atoms with E-state index in [1.54, 1.807) is 0 Å². The Kier molecular flexibility index (Phi) is 51.1. The molecule has 73 heavy (non-hydrogen) atoms. The summed E-state index contributed by atoms with van der Waals surface area (Å²) in [5.41, 5.74) is 0. The molecule has 0 spiro atoms. The summed E-state index contributed by atoms with van der Waals surface area (Å²) in [6.45, 7) is 4.28. The number of hydrogen-bond donors (Lipinski definition) is 1.